The Morgan fingerprint density at radius 1 is 1.18 bits per heavy atom. The Balaban J connectivity index is 1.71. The number of hydrogen-bond acceptors (Lipinski definition) is 6. The molecule has 0 aromatic heterocycles. The summed E-state index contributed by atoms with van der Waals surface area (Å²) in [5, 5.41) is 7.25. The third kappa shape index (κ3) is 5.61. The summed E-state index contributed by atoms with van der Waals surface area (Å²) in [6, 6.07) is 14.4. The van der Waals surface area contributed by atoms with Crippen LogP contribution < -0.4 is 10.6 Å². The molecule has 1 aliphatic rings. The van der Waals surface area contributed by atoms with E-state index in [0.29, 0.717) is 21.5 Å². The minimum Gasteiger partial charge on any atom is -0.469 e. The minimum atomic E-state index is -0.358. The van der Waals surface area contributed by atoms with E-state index in [2.05, 4.69) is 15.6 Å². The van der Waals surface area contributed by atoms with Crippen LogP contribution in [0.2, 0.25) is 5.02 Å². The molecule has 0 atom stereocenters. The molecule has 2 N–H and O–H groups in total. The van der Waals surface area contributed by atoms with Crippen molar-refractivity contribution >= 4 is 57.3 Å². The number of thioether (sulfide) groups is 1. The first-order valence-electron chi connectivity index (χ1n) is 8.44. The molecule has 2 aromatic carbocycles. The van der Waals surface area contributed by atoms with Crippen molar-refractivity contribution in [3.05, 3.63) is 65.3 Å². The molecule has 0 radical (unpaired) electrons. The monoisotopic (exact) mass is 415 g/mol. The number of methoxy groups -OCH3 is 1. The van der Waals surface area contributed by atoms with Crippen molar-refractivity contribution < 1.29 is 14.3 Å². The SMILES string of the molecule is COC(=O)CC1=CC(SCC(=O)Nc2ccc(Cl)cc2)=Nc2ccccc2N1. The Bertz CT molecular complexity index is 942. The predicted octanol–water partition coefficient (Wildman–Crippen LogP) is 4.61. The molecule has 0 saturated heterocycles. The van der Waals surface area contributed by atoms with E-state index < -0.39 is 0 Å². The number of anilines is 2. The van der Waals surface area contributed by atoms with Gasteiger partial charge in [0, 0.05) is 16.4 Å². The molecular weight excluding hydrogens is 398 g/mol. The van der Waals surface area contributed by atoms with Gasteiger partial charge in [0.15, 0.2) is 0 Å². The van der Waals surface area contributed by atoms with Crippen LogP contribution in [0.5, 0.6) is 0 Å². The van der Waals surface area contributed by atoms with Crippen molar-refractivity contribution in [1.29, 1.82) is 0 Å². The van der Waals surface area contributed by atoms with Crippen LogP contribution >= 0.6 is 23.4 Å². The number of benzene rings is 2. The molecule has 0 saturated carbocycles. The molecule has 1 amide bonds. The van der Waals surface area contributed by atoms with Crippen molar-refractivity contribution in [2.24, 2.45) is 4.99 Å². The van der Waals surface area contributed by atoms with E-state index in [1.165, 1.54) is 18.9 Å². The second-order valence-electron chi connectivity index (χ2n) is 5.86. The lowest BCUT2D eigenvalue weighted by Gasteiger charge is -2.09. The molecule has 3 rings (SSSR count). The fraction of sp³-hybridized carbons (Fsp3) is 0.150. The van der Waals surface area contributed by atoms with Gasteiger partial charge in [-0.15, -0.1) is 0 Å². The van der Waals surface area contributed by atoms with Crippen LogP contribution in [0.25, 0.3) is 0 Å². The van der Waals surface area contributed by atoms with E-state index in [1.807, 2.05) is 24.3 Å². The van der Waals surface area contributed by atoms with Crippen molar-refractivity contribution in [2.75, 3.05) is 23.5 Å². The van der Waals surface area contributed by atoms with Crippen LogP contribution in [0.3, 0.4) is 0 Å². The molecule has 0 bridgehead atoms. The first kappa shape index (κ1) is 20.0. The zero-order valence-corrected chi connectivity index (χ0v) is 16.6. The lowest BCUT2D eigenvalue weighted by Crippen LogP contribution is -2.15. The number of aliphatic imine (C=N–C) groups is 1. The zero-order valence-electron chi connectivity index (χ0n) is 15.1. The number of rotatable bonds is 5. The molecule has 0 spiro atoms. The third-order valence-corrected chi connectivity index (χ3v) is 4.93. The van der Waals surface area contributed by atoms with Crippen LogP contribution in [-0.2, 0) is 14.3 Å². The topological polar surface area (TPSA) is 79.8 Å². The molecule has 144 valence electrons. The largest absolute Gasteiger partial charge is 0.469 e. The zero-order chi connectivity index (χ0) is 19.9. The summed E-state index contributed by atoms with van der Waals surface area (Å²) in [5.41, 5.74) is 2.85. The second kappa shape index (κ2) is 9.43. The minimum absolute atomic E-state index is 0.0847. The first-order valence-corrected chi connectivity index (χ1v) is 9.80. The average molecular weight is 416 g/mol. The first-order chi connectivity index (χ1) is 13.5. The molecule has 1 aliphatic heterocycles. The van der Waals surface area contributed by atoms with Crippen molar-refractivity contribution in [3.8, 4) is 0 Å². The highest BCUT2D eigenvalue weighted by Crippen LogP contribution is 2.31. The third-order valence-electron chi connectivity index (χ3n) is 3.77. The maximum absolute atomic E-state index is 12.2. The summed E-state index contributed by atoms with van der Waals surface area (Å²) in [6.45, 7) is 0. The van der Waals surface area contributed by atoms with Crippen molar-refractivity contribution in [2.45, 2.75) is 6.42 Å². The lowest BCUT2D eigenvalue weighted by molar-refractivity contribution is -0.139. The Morgan fingerprint density at radius 2 is 1.93 bits per heavy atom. The molecule has 0 unspecified atom stereocenters. The molecule has 28 heavy (non-hydrogen) atoms. The number of para-hydroxylation sites is 2. The van der Waals surface area contributed by atoms with Gasteiger partial charge in [-0.05, 0) is 42.5 Å². The highest BCUT2D eigenvalue weighted by Gasteiger charge is 2.15. The number of halogens is 1. The molecule has 2 aromatic rings. The number of amides is 1. The number of esters is 1. The number of hydrogen-bond donors (Lipinski definition) is 2. The fourth-order valence-electron chi connectivity index (χ4n) is 2.45. The van der Waals surface area contributed by atoms with Crippen LogP contribution in [-0.4, -0.2) is 29.8 Å². The highest BCUT2D eigenvalue weighted by molar-refractivity contribution is 8.14. The van der Waals surface area contributed by atoms with E-state index >= 15 is 0 Å². The maximum atomic E-state index is 12.2. The standard InChI is InChI=1S/C20H18ClN3O3S/c1-27-20(26)11-15-10-19(24-17-5-3-2-4-16(17)22-15)28-12-18(25)23-14-8-6-13(21)7-9-14/h2-10,22H,11-12H2,1H3,(H,23,25). The Kier molecular flexibility index (Phi) is 6.73. The number of fused-ring (bicyclic) bond motifs is 1. The normalized spacial score (nSPS) is 12.6. The van der Waals surface area contributed by atoms with E-state index in [9.17, 15) is 9.59 Å². The quantitative estimate of drug-likeness (QED) is 0.697. The smallest absolute Gasteiger partial charge is 0.311 e. The van der Waals surface area contributed by atoms with Crippen LogP contribution in [0.15, 0.2) is 65.3 Å². The fourth-order valence-corrected chi connectivity index (χ4v) is 3.32. The number of nitrogens with zero attached hydrogens (tertiary/aromatic N) is 1. The average Bonchev–Trinajstić information content (AvgIpc) is 2.86. The van der Waals surface area contributed by atoms with Gasteiger partial charge < -0.3 is 15.4 Å². The summed E-state index contributed by atoms with van der Waals surface area (Å²) in [4.78, 5) is 28.5. The molecule has 0 fully saturated rings. The second-order valence-corrected chi connectivity index (χ2v) is 7.29. The Morgan fingerprint density at radius 3 is 2.68 bits per heavy atom. The van der Waals surface area contributed by atoms with Gasteiger partial charge in [0.05, 0.1) is 35.7 Å². The number of nitrogens with one attached hydrogen (secondary N) is 2. The van der Waals surface area contributed by atoms with Crippen LogP contribution in [0.1, 0.15) is 6.42 Å². The van der Waals surface area contributed by atoms with E-state index in [0.717, 1.165) is 11.4 Å². The van der Waals surface area contributed by atoms with E-state index in [4.69, 9.17) is 16.3 Å². The van der Waals surface area contributed by atoms with Gasteiger partial charge in [-0.2, -0.15) is 0 Å². The van der Waals surface area contributed by atoms with Gasteiger partial charge in [0.1, 0.15) is 0 Å². The van der Waals surface area contributed by atoms with Gasteiger partial charge >= 0.3 is 5.97 Å². The summed E-state index contributed by atoms with van der Waals surface area (Å²) in [7, 11) is 1.35. The maximum Gasteiger partial charge on any atom is 0.311 e. The summed E-state index contributed by atoms with van der Waals surface area (Å²) in [5.74, 6) is -0.350. The molecule has 6 nitrogen and oxygen atoms in total. The predicted molar refractivity (Wildman–Crippen MR) is 114 cm³/mol. The van der Waals surface area contributed by atoms with Crippen molar-refractivity contribution in [1.82, 2.24) is 0 Å². The van der Waals surface area contributed by atoms with Gasteiger partial charge in [-0.3, -0.25) is 9.59 Å². The summed E-state index contributed by atoms with van der Waals surface area (Å²) in [6.07, 6.45) is 1.85. The Labute approximate surface area is 172 Å². The lowest BCUT2D eigenvalue weighted by atomic mass is 10.2. The molecule has 8 heteroatoms. The van der Waals surface area contributed by atoms with Gasteiger partial charge in [-0.1, -0.05) is 35.5 Å². The highest BCUT2D eigenvalue weighted by atomic mass is 35.5. The van der Waals surface area contributed by atoms with Crippen molar-refractivity contribution in [3.63, 3.8) is 0 Å². The van der Waals surface area contributed by atoms with Crippen LogP contribution in [0.4, 0.5) is 17.1 Å². The summed E-state index contributed by atoms with van der Waals surface area (Å²) >= 11 is 7.14. The number of ether oxygens (including phenoxy) is 1. The van der Waals surface area contributed by atoms with E-state index in [1.54, 1.807) is 30.3 Å². The summed E-state index contributed by atoms with van der Waals surface area (Å²) < 4.78 is 4.75. The molecule has 0 aliphatic carbocycles. The molecular formula is C20H18ClN3O3S. The number of carbonyl (C=O) groups is 2. The molecule has 1 heterocycles. The van der Waals surface area contributed by atoms with Crippen LogP contribution in [0, 0.1) is 0 Å². The number of carbonyl (C=O) groups excluding carboxylic acids is 2. The van der Waals surface area contributed by atoms with E-state index in [-0.39, 0.29) is 24.1 Å². The Hall–Kier alpha value is -2.77. The van der Waals surface area contributed by atoms with Gasteiger partial charge in [-0.25, -0.2) is 4.99 Å². The van der Waals surface area contributed by atoms with Gasteiger partial charge in [0.2, 0.25) is 5.91 Å². The van der Waals surface area contributed by atoms with Gasteiger partial charge in [0.25, 0.3) is 0 Å².